The van der Waals surface area contributed by atoms with Crippen molar-refractivity contribution in [1.82, 2.24) is 4.90 Å². The second kappa shape index (κ2) is 8.49. The molecule has 0 bridgehead atoms. The monoisotopic (exact) mass is 390 g/mol. The van der Waals surface area contributed by atoms with Gasteiger partial charge in [-0.2, -0.15) is 0 Å². The van der Waals surface area contributed by atoms with Gasteiger partial charge >= 0.3 is 6.09 Å². The minimum Gasteiger partial charge on any atom is -0.450 e. The van der Waals surface area contributed by atoms with E-state index in [2.05, 4.69) is 21.2 Å². The minimum atomic E-state index is -0.537. The van der Waals surface area contributed by atoms with Crippen molar-refractivity contribution in [3.8, 4) is 0 Å². The van der Waals surface area contributed by atoms with E-state index in [9.17, 15) is 9.59 Å². The molecule has 0 saturated heterocycles. The first-order chi connectivity index (χ1) is 11.5. The lowest BCUT2D eigenvalue weighted by molar-refractivity contribution is 0.0785. The Balaban J connectivity index is 2.05. The van der Waals surface area contributed by atoms with Crippen LogP contribution >= 0.6 is 15.9 Å². The van der Waals surface area contributed by atoms with E-state index >= 15 is 0 Å². The average Bonchev–Trinajstić information content (AvgIpc) is 2.56. The van der Waals surface area contributed by atoms with Crippen LogP contribution in [0.2, 0.25) is 0 Å². The van der Waals surface area contributed by atoms with E-state index in [0.717, 1.165) is 10.0 Å². The molecular weight excluding hydrogens is 372 g/mol. The standard InChI is InChI=1S/C18H19BrN2O3/c1-3-24-18(23)20-16-6-4-5-14(11-16)17(22)21(2)12-13-7-9-15(19)10-8-13/h4-11H,3,12H2,1-2H3,(H,20,23). The molecule has 126 valence electrons. The Hall–Kier alpha value is -2.34. The van der Waals surface area contributed by atoms with Gasteiger partial charge in [0.05, 0.1) is 6.61 Å². The summed E-state index contributed by atoms with van der Waals surface area (Å²) in [5, 5.41) is 2.60. The van der Waals surface area contributed by atoms with E-state index in [-0.39, 0.29) is 5.91 Å². The van der Waals surface area contributed by atoms with E-state index in [1.54, 1.807) is 43.1 Å². The molecule has 0 spiro atoms. The summed E-state index contributed by atoms with van der Waals surface area (Å²) in [6, 6.07) is 14.6. The minimum absolute atomic E-state index is 0.120. The highest BCUT2D eigenvalue weighted by Gasteiger charge is 2.13. The molecule has 0 fully saturated rings. The number of hydrogen-bond donors (Lipinski definition) is 1. The van der Waals surface area contributed by atoms with Crippen LogP contribution in [0.15, 0.2) is 53.0 Å². The third kappa shape index (κ3) is 5.09. The topological polar surface area (TPSA) is 58.6 Å². The van der Waals surface area contributed by atoms with Crippen molar-refractivity contribution in [3.05, 3.63) is 64.1 Å². The van der Waals surface area contributed by atoms with Gasteiger partial charge in [0.25, 0.3) is 5.91 Å². The number of ether oxygens (including phenoxy) is 1. The van der Waals surface area contributed by atoms with Gasteiger partial charge in [0.2, 0.25) is 0 Å². The van der Waals surface area contributed by atoms with E-state index in [1.807, 2.05) is 24.3 Å². The van der Waals surface area contributed by atoms with Crippen molar-refractivity contribution < 1.29 is 14.3 Å². The van der Waals surface area contributed by atoms with Crippen LogP contribution in [-0.2, 0) is 11.3 Å². The molecule has 2 aromatic carbocycles. The van der Waals surface area contributed by atoms with E-state index in [1.165, 1.54) is 0 Å². The molecule has 5 nitrogen and oxygen atoms in total. The number of amides is 2. The van der Waals surface area contributed by atoms with Gasteiger partial charge in [0, 0.05) is 29.3 Å². The fourth-order valence-corrected chi connectivity index (χ4v) is 2.44. The van der Waals surface area contributed by atoms with Crippen LogP contribution < -0.4 is 5.32 Å². The maximum Gasteiger partial charge on any atom is 0.411 e. The molecule has 0 aromatic heterocycles. The number of nitrogens with one attached hydrogen (secondary N) is 1. The Labute approximate surface area is 149 Å². The smallest absolute Gasteiger partial charge is 0.411 e. The molecule has 0 unspecified atom stereocenters. The maximum absolute atomic E-state index is 12.6. The molecule has 0 saturated carbocycles. The lowest BCUT2D eigenvalue weighted by Crippen LogP contribution is -2.26. The van der Waals surface area contributed by atoms with Crippen molar-refractivity contribution >= 4 is 33.6 Å². The van der Waals surface area contributed by atoms with Crippen LogP contribution in [0.1, 0.15) is 22.8 Å². The highest BCUT2D eigenvalue weighted by Crippen LogP contribution is 2.15. The van der Waals surface area contributed by atoms with Crippen molar-refractivity contribution in [1.29, 1.82) is 0 Å². The summed E-state index contributed by atoms with van der Waals surface area (Å²) in [6.07, 6.45) is -0.537. The molecular formula is C18H19BrN2O3. The summed E-state index contributed by atoms with van der Waals surface area (Å²) in [6.45, 7) is 2.53. The zero-order chi connectivity index (χ0) is 17.5. The van der Waals surface area contributed by atoms with Crippen LogP contribution in [0.4, 0.5) is 10.5 Å². The molecule has 0 heterocycles. The van der Waals surface area contributed by atoms with Crippen LogP contribution in [0.3, 0.4) is 0 Å². The Morgan fingerprint density at radius 1 is 1.17 bits per heavy atom. The van der Waals surface area contributed by atoms with Crippen molar-refractivity contribution in [2.24, 2.45) is 0 Å². The largest absolute Gasteiger partial charge is 0.450 e. The number of nitrogens with zero attached hydrogens (tertiary/aromatic N) is 1. The first kappa shape index (κ1) is 18.0. The van der Waals surface area contributed by atoms with Crippen molar-refractivity contribution in [2.45, 2.75) is 13.5 Å². The van der Waals surface area contributed by atoms with Gasteiger partial charge in [0.1, 0.15) is 0 Å². The molecule has 2 amide bonds. The second-order valence-corrected chi connectivity index (χ2v) is 6.13. The first-order valence-electron chi connectivity index (χ1n) is 7.53. The number of rotatable bonds is 5. The summed E-state index contributed by atoms with van der Waals surface area (Å²) in [5.74, 6) is -0.120. The Morgan fingerprint density at radius 3 is 2.54 bits per heavy atom. The molecule has 0 aliphatic carbocycles. The van der Waals surface area contributed by atoms with Gasteiger partial charge in [-0.1, -0.05) is 34.1 Å². The molecule has 0 aliphatic heterocycles. The molecule has 1 N–H and O–H groups in total. The third-order valence-corrected chi connectivity index (χ3v) is 3.84. The molecule has 24 heavy (non-hydrogen) atoms. The fraction of sp³-hybridized carbons (Fsp3) is 0.222. The Kier molecular flexibility index (Phi) is 6.37. The second-order valence-electron chi connectivity index (χ2n) is 5.21. The average molecular weight is 391 g/mol. The summed E-state index contributed by atoms with van der Waals surface area (Å²) >= 11 is 3.39. The first-order valence-corrected chi connectivity index (χ1v) is 8.32. The number of anilines is 1. The zero-order valence-electron chi connectivity index (χ0n) is 13.6. The predicted molar refractivity (Wildman–Crippen MR) is 97.0 cm³/mol. The quantitative estimate of drug-likeness (QED) is 0.827. The zero-order valence-corrected chi connectivity index (χ0v) is 15.2. The number of carbonyl (C=O) groups excluding carboxylic acids is 2. The number of hydrogen-bond acceptors (Lipinski definition) is 3. The molecule has 2 rings (SSSR count). The maximum atomic E-state index is 12.6. The molecule has 0 radical (unpaired) electrons. The van der Waals surface area contributed by atoms with Gasteiger partial charge in [-0.3, -0.25) is 10.1 Å². The summed E-state index contributed by atoms with van der Waals surface area (Å²) < 4.78 is 5.83. The van der Waals surface area contributed by atoms with Crippen LogP contribution in [0, 0.1) is 0 Å². The van der Waals surface area contributed by atoms with Gasteiger partial charge < -0.3 is 9.64 Å². The van der Waals surface area contributed by atoms with E-state index in [4.69, 9.17) is 4.74 Å². The van der Waals surface area contributed by atoms with Gasteiger partial charge in [-0.05, 0) is 42.8 Å². The summed E-state index contributed by atoms with van der Waals surface area (Å²) in [5.41, 5.74) is 2.06. The highest BCUT2D eigenvalue weighted by atomic mass is 79.9. The highest BCUT2D eigenvalue weighted by molar-refractivity contribution is 9.10. The molecule has 0 atom stereocenters. The van der Waals surface area contributed by atoms with Gasteiger partial charge in [-0.25, -0.2) is 4.79 Å². The lowest BCUT2D eigenvalue weighted by atomic mass is 10.1. The van der Waals surface area contributed by atoms with Crippen molar-refractivity contribution in [3.63, 3.8) is 0 Å². The van der Waals surface area contributed by atoms with Gasteiger partial charge in [-0.15, -0.1) is 0 Å². The molecule has 6 heteroatoms. The molecule has 2 aromatic rings. The SMILES string of the molecule is CCOC(=O)Nc1cccc(C(=O)N(C)Cc2ccc(Br)cc2)c1. The number of halogens is 1. The third-order valence-electron chi connectivity index (χ3n) is 3.31. The summed E-state index contributed by atoms with van der Waals surface area (Å²) in [4.78, 5) is 25.6. The normalized spacial score (nSPS) is 10.1. The van der Waals surface area contributed by atoms with E-state index in [0.29, 0.717) is 24.4 Å². The van der Waals surface area contributed by atoms with Gasteiger partial charge in [0.15, 0.2) is 0 Å². The van der Waals surface area contributed by atoms with Crippen LogP contribution in [0.5, 0.6) is 0 Å². The Morgan fingerprint density at radius 2 is 1.88 bits per heavy atom. The summed E-state index contributed by atoms with van der Waals surface area (Å²) in [7, 11) is 1.75. The number of carbonyl (C=O) groups is 2. The lowest BCUT2D eigenvalue weighted by Gasteiger charge is -2.18. The van der Waals surface area contributed by atoms with E-state index < -0.39 is 6.09 Å². The Bertz CT molecular complexity index is 716. The molecule has 0 aliphatic rings. The fourth-order valence-electron chi connectivity index (χ4n) is 2.17. The van der Waals surface area contributed by atoms with Crippen LogP contribution in [-0.4, -0.2) is 30.6 Å². The van der Waals surface area contributed by atoms with Crippen molar-refractivity contribution in [2.75, 3.05) is 19.0 Å². The number of benzene rings is 2. The predicted octanol–water partition coefficient (Wildman–Crippen LogP) is 4.29. The van der Waals surface area contributed by atoms with Crippen LogP contribution in [0.25, 0.3) is 0 Å².